The van der Waals surface area contributed by atoms with Gasteiger partial charge in [0.2, 0.25) is 0 Å². The molecule has 0 saturated carbocycles. The minimum absolute atomic E-state index is 0.136. The molecule has 1 aliphatic rings. The van der Waals surface area contributed by atoms with E-state index in [-0.39, 0.29) is 5.43 Å². The quantitative estimate of drug-likeness (QED) is 0.667. The largest absolute Gasteiger partial charge is 0.398 e. The summed E-state index contributed by atoms with van der Waals surface area (Å²) in [6.07, 6.45) is 6.95. The summed E-state index contributed by atoms with van der Waals surface area (Å²) in [4.78, 5) is 11.9. The topological polar surface area (TPSA) is 43.1 Å². The van der Waals surface area contributed by atoms with E-state index < -0.39 is 0 Å². The molecule has 1 aliphatic carbocycles. The van der Waals surface area contributed by atoms with Gasteiger partial charge in [0.1, 0.15) is 0 Å². The van der Waals surface area contributed by atoms with Crippen LogP contribution in [0.3, 0.4) is 0 Å². The number of fused-ring (bicyclic) bond motifs is 3. The Kier molecular flexibility index (Phi) is 2.10. The third-order valence-corrected chi connectivity index (χ3v) is 4.26. The molecule has 3 aromatic rings. The van der Waals surface area contributed by atoms with Gasteiger partial charge in [-0.2, -0.15) is 0 Å². The van der Waals surface area contributed by atoms with Crippen molar-refractivity contribution in [2.45, 2.75) is 25.7 Å². The van der Waals surface area contributed by atoms with Gasteiger partial charge in [-0.3, -0.25) is 4.79 Å². The second kappa shape index (κ2) is 3.70. The summed E-state index contributed by atoms with van der Waals surface area (Å²) < 4.78 is 0. The molecule has 4 rings (SSSR count). The monoisotopic (exact) mass is 249 g/mol. The Balaban J connectivity index is 2.13. The number of allylic oxidation sites excluding steroid dienone is 2. The lowest BCUT2D eigenvalue weighted by molar-refractivity contribution is 0.742. The zero-order valence-corrected chi connectivity index (χ0v) is 10.7. The second-order valence-electron chi connectivity index (χ2n) is 5.39. The number of benzene rings is 2. The van der Waals surface area contributed by atoms with Gasteiger partial charge in [-0.25, -0.2) is 0 Å². The number of anilines is 1. The van der Waals surface area contributed by atoms with Crippen LogP contribution in [0, 0.1) is 0 Å². The molecular formula is C17H15NO. The molecular weight excluding hydrogens is 234 g/mol. The highest BCUT2D eigenvalue weighted by atomic mass is 16.1. The molecule has 2 nitrogen and oxygen atoms in total. The van der Waals surface area contributed by atoms with E-state index in [2.05, 4.69) is 12.1 Å². The van der Waals surface area contributed by atoms with Crippen molar-refractivity contribution in [3.05, 3.63) is 46.1 Å². The van der Waals surface area contributed by atoms with E-state index >= 15 is 0 Å². The first-order valence-corrected chi connectivity index (χ1v) is 6.87. The minimum Gasteiger partial charge on any atom is -0.398 e. The first-order chi connectivity index (χ1) is 9.29. The molecule has 2 heteroatoms. The molecule has 0 atom stereocenters. The average molecular weight is 249 g/mol. The van der Waals surface area contributed by atoms with Crippen molar-refractivity contribution in [1.82, 2.24) is 0 Å². The molecule has 0 radical (unpaired) electrons. The van der Waals surface area contributed by atoms with E-state index in [9.17, 15) is 4.79 Å². The molecule has 0 unspecified atom stereocenters. The van der Waals surface area contributed by atoms with Gasteiger partial charge in [-0.15, -0.1) is 0 Å². The smallest absolute Gasteiger partial charge is 0.197 e. The SMILES string of the molecule is Nc1c(C2=CCCCC2)c2ccccc2c2c(=O)c12. The number of hydrogen-bond donors (Lipinski definition) is 1. The maximum atomic E-state index is 11.9. The van der Waals surface area contributed by atoms with E-state index in [0.717, 1.165) is 39.9 Å². The van der Waals surface area contributed by atoms with E-state index in [1.165, 1.54) is 18.4 Å². The van der Waals surface area contributed by atoms with E-state index in [1.54, 1.807) is 0 Å². The molecule has 2 N–H and O–H groups in total. The molecule has 0 aromatic heterocycles. The van der Waals surface area contributed by atoms with Crippen molar-refractivity contribution in [2.75, 3.05) is 5.73 Å². The summed E-state index contributed by atoms with van der Waals surface area (Å²) in [5.74, 6) is 0. The van der Waals surface area contributed by atoms with Crippen LogP contribution in [-0.4, -0.2) is 0 Å². The molecule has 0 heterocycles. The van der Waals surface area contributed by atoms with Crippen molar-refractivity contribution in [3.8, 4) is 0 Å². The predicted molar refractivity (Wildman–Crippen MR) is 81.0 cm³/mol. The van der Waals surface area contributed by atoms with Crippen molar-refractivity contribution >= 4 is 32.8 Å². The van der Waals surface area contributed by atoms with Crippen molar-refractivity contribution in [1.29, 1.82) is 0 Å². The lowest BCUT2D eigenvalue weighted by Gasteiger charge is -2.16. The van der Waals surface area contributed by atoms with E-state index in [4.69, 9.17) is 5.73 Å². The van der Waals surface area contributed by atoms with Crippen molar-refractivity contribution in [2.24, 2.45) is 0 Å². The van der Waals surface area contributed by atoms with Gasteiger partial charge in [-0.1, -0.05) is 30.3 Å². The van der Waals surface area contributed by atoms with Gasteiger partial charge < -0.3 is 5.73 Å². The Bertz CT molecular complexity index is 847. The fourth-order valence-corrected chi connectivity index (χ4v) is 3.28. The van der Waals surface area contributed by atoms with Crippen molar-refractivity contribution in [3.63, 3.8) is 0 Å². The molecule has 0 amide bonds. The fraction of sp³-hybridized carbons (Fsp3) is 0.235. The third-order valence-electron chi connectivity index (χ3n) is 4.26. The van der Waals surface area contributed by atoms with Crippen LogP contribution in [0.25, 0.3) is 27.1 Å². The van der Waals surface area contributed by atoms with Crippen LogP contribution in [0.5, 0.6) is 0 Å². The summed E-state index contributed by atoms with van der Waals surface area (Å²) in [6.45, 7) is 0. The van der Waals surface area contributed by atoms with Crippen LogP contribution >= 0.6 is 0 Å². The van der Waals surface area contributed by atoms with Gasteiger partial charge in [0.15, 0.2) is 5.43 Å². The third kappa shape index (κ3) is 1.40. The fourth-order valence-electron chi connectivity index (χ4n) is 3.28. The molecule has 0 bridgehead atoms. The van der Waals surface area contributed by atoms with Crippen molar-refractivity contribution < 1.29 is 0 Å². The zero-order chi connectivity index (χ0) is 13.0. The first kappa shape index (κ1) is 10.8. The maximum absolute atomic E-state index is 11.9. The Labute approximate surface area is 111 Å². The lowest BCUT2D eigenvalue weighted by Crippen LogP contribution is -1.98. The van der Waals surface area contributed by atoms with Crippen LogP contribution in [0.15, 0.2) is 35.1 Å². The highest BCUT2D eigenvalue weighted by molar-refractivity contribution is 6.25. The zero-order valence-electron chi connectivity index (χ0n) is 10.7. The number of hydrogen-bond acceptors (Lipinski definition) is 2. The normalized spacial score (nSPS) is 16.3. The second-order valence-corrected chi connectivity index (χ2v) is 5.39. The van der Waals surface area contributed by atoms with Gasteiger partial charge in [0.05, 0.1) is 11.1 Å². The first-order valence-electron chi connectivity index (χ1n) is 6.87. The van der Waals surface area contributed by atoms with Crippen LogP contribution in [-0.2, 0) is 0 Å². The van der Waals surface area contributed by atoms with Crippen LogP contribution in [0.2, 0.25) is 0 Å². The minimum atomic E-state index is 0.136. The van der Waals surface area contributed by atoms with Gasteiger partial charge in [-0.05, 0) is 42.0 Å². The highest BCUT2D eigenvalue weighted by Gasteiger charge is 2.24. The van der Waals surface area contributed by atoms with Crippen LogP contribution < -0.4 is 11.2 Å². The van der Waals surface area contributed by atoms with Gasteiger partial charge in [0.25, 0.3) is 0 Å². The van der Waals surface area contributed by atoms with Gasteiger partial charge >= 0.3 is 0 Å². The molecule has 94 valence electrons. The molecule has 0 aliphatic heterocycles. The van der Waals surface area contributed by atoms with Gasteiger partial charge in [0, 0.05) is 10.9 Å². The summed E-state index contributed by atoms with van der Waals surface area (Å²) in [7, 11) is 0. The molecule has 0 saturated heterocycles. The summed E-state index contributed by atoms with van der Waals surface area (Å²) in [5, 5.41) is 3.81. The number of rotatable bonds is 1. The Hall–Kier alpha value is -2.09. The summed E-state index contributed by atoms with van der Waals surface area (Å²) in [6, 6.07) is 8.13. The number of nitrogen functional groups attached to an aromatic ring is 1. The standard InChI is InChI=1S/C17H15NO/c18-16-13(10-6-2-1-3-7-10)11-8-4-5-9-12(11)14-15(16)17(14)19/h4-6,8-9H,1-3,7,18H2. The predicted octanol–water partition coefficient (Wildman–Crippen LogP) is 3.77. The number of nitrogens with two attached hydrogens (primary N) is 1. The summed E-state index contributed by atoms with van der Waals surface area (Å²) >= 11 is 0. The molecule has 0 spiro atoms. The van der Waals surface area contributed by atoms with Crippen LogP contribution in [0.1, 0.15) is 31.2 Å². The van der Waals surface area contributed by atoms with E-state index in [0.29, 0.717) is 5.69 Å². The lowest BCUT2D eigenvalue weighted by atomic mass is 9.89. The Morgan fingerprint density at radius 3 is 2.53 bits per heavy atom. The Morgan fingerprint density at radius 1 is 1.00 bits per heavy atom. The molecule has 0 fully saturated rings. The average Bonchev–Trinajstić information content (AvgIpc) is 3.13. The maximum Gasteiger partial charge on any atom is 0.197 e. The highest BCUT2D eigenvalue weighted by Crippen LogP contribution is 2.42. The van der Waals surface area contributed by atoms with Crippen LogP contribution in [0.4, 0.5) is 5.69 Å². The molecule has 19 heavy (non-hydrogen) atoms. The molecule has 3 aromatic carbocycles. The Morgan fingerprint density at radius 2 is 1.79 bits per heavy atom. The summed E-state index contributed by atoms with van der Waals surface area (Å²) in [5.41, 5.74) is 9.53. The van der Waals surface area contributed by atoms with E-state index in [1.807, 2.05) is 18.2 Å².